The molecule has 1 aromatic heterocycles. The van der Waals surface area contributed by atoms with Gasteiger partial charge in [0.1, 0.15) is 0 Å². The van der Waals surface area contributed by atoms with Gasteiger partial charge in [-0.3, -0.25) is 4.98 Å². The van der Waals surface area contributed by atoms with E-state index < -0.39 is 20.8 Å². The summed E-state index contributed by atoms with van der Waals surface area (Å²) in [6.45, 7) is 6.55. The van der Waals surface area contributed by atoms with Crippen LogP contribution in [0.25, 0.3) is 43.9 Å². The fourth-order valence-corrected chi connectivity index (χ4v) is 5.29. The molecule has 210 valence electrons. The Morgan fingerprint density at radius 1 is 0.881 bits per heavy atom. The van der Waals surface area contributed by atoms with E-state index in [9.17, 15) is 0 Å². The van der Waals surface area contributed by atoms with Crippen molar-refractivity contribution in [2.75, 3.05) is 0 Å². The van der Waals surface area contributed by atoms with Crippen molar-refractivity contribution in [1.82, 2.24) is 4.98 Å². The zero-order valence-electron chi connectivity index (χ0n) is 24.4. The fourth-order valence-electron chi connectivity index (χ4n) is 5.29. The van der Waals surface area contributed by atoms with Crippen molar-refractivity contribution >= 4 is 48.2 Å². The number of pyridine rings is 1. The molecule has 0 aliphatic heterocycles. The van der Waals surface area contributed by atoms with E-state index in [1.54, 1.807) is 0 Å². The minimum absolute atomic E-state index is 0.826. The Morgan fingerprint density at radius 2 is 1.60 bits per heavy atom. The van der Waals surface area contributed by atoms with Gasteiger partial charge in [0.05, 0.1) is 5.52 Å². The van der Waals surface area contributed by atoms with E-state index in [2.05, 4.69) is 122 Å². The number of aromatic nitrogens is 1. The number of hydrogen-bond acceptors (Lipinski definition) is 1. The number of nitrogens with zero attached hydrogens (tertiary/aromatic N) is 1. The molecule has 0 fully saturated rings. The van der Waals surface area contributed by atoms with Crippen LogP contribution in [0, 0.1) is 6.07 Å². The Hall–Kier alpha value is -2.42. The molecule has 0 saturated heterocycles. The summed E-state index contributed by atoms with van der Waals surface area (Å²) in [7, 11) is 11.0. The summed E-state index contributed by atoms with van der Waals surface area (Å²) in [5, 5.41) is 3.87. The molecule has 1 aliphatic rings. The SMILES string of the molecule is CCCCc1cc2c(-c3cnc4ccccc4c3)cccc2[cH-]1.C[Si]C.[Cl][Zr+2][Cl].[c-]1cccc2c1Cc1ccccc1-2. The molecule has 1 aliphatic carbocycles. The van der Waals surface area contributed by atoms with E-state index in [0.717, 1.165) is 21.5 Å². The predicted molar refractivity (Wildman–Crippen MR) is 182 cm³/mol. The van der Waals surface area contributed by atoms with Crippen LogP contribution >= 0.6 is 17.0 Å². The molecule has 7 rings (SSSR count). The first-order chi connectivity index (χ1) is 20.6. The van der Waals surface area contributed by atoms with Crippen molar-refractivity contribution in [1.29, 1.82) is 0 Å². The van der Waals surface area contributed by atoms with Gasteiger partial charge in [-0.25, -0.2) is 0 Å². The Bertz CT molecular complexity index is 1670. The number of benzene rings is 4. The van der Waals surface area contributed by atoms with E-state index in [1.807, 2.05) is 18.3 Å². The summed E-state index contributed by atoms with van der Waals surface area (Å²) in [4.78, 5) is 4.62. The molecule has 5 heteroatoms. The third-order valence-corrected chi connectivity index (χ3v) is 7.15. The van der Waals surface area contributed by atoms with Gasteiger partial charge in [0.2, 0.25) is 0 Å². The zero-order valence-corrected chi connectivity index (χ0v) is 29.4. The molecular weight excluding hydrogens is 649 g/mol. The third kappa shape index (κ3) is 8.35. The normalized spacial score (nSPS) is 10.7. The predicted octanol–water partition coefficient (Wildman–Crippen LogP) is 11.3. The van der Waals surface area contributed by atoms with Gasteiger partial charge in [-0.1, -0.05) is 98.1 Å². The smallest absolute Gasteiger partial charge is 0.0253 e. The van der Waals surface area contributed by atoms with Gasteiger partial charge in [-0.2, -0.15) is 35.9 Å². The molecule has 0 N–H and O–H groups in total. The molecule has 0 bridgehead atoms. The second kappa shape index (κ2) is 17.0. The van der Waals surface area contributed by atoms with Gasteiger partial charge in [-0.15, -0.1) is 40.1 Å². The average molecular weight is 684 g/mol. The van der Waals surface area contributed by atoms with Crippen LogP contribution in [0.1, 0.15) is 36.5 Å². The van der Waals surface area contributed by atoms with Crippen molar-refractivity contribution in [2.24, 2.45) is 0 Å². The summed E-state index contributed by atoms with van der Waals surface area (Å²) < 4.78 is 0. The third-order valence-electron chi connectivity index (χ3n) is 7.15. The molecule has 0 atom stereocenters. The number of halogens is 2. The number of hydrogen-bond donors (Lipinski definition) is 0. The van der Waals surface area contributed by atoms with E-state index in [4.69, 9.17) is 17.0 Å². The number of para-hydroxylation sites is 1. The zero-order chi connectivity index (χ0) is 29.7. The van der Waals surface area contributed by atoms with Crippen molar-refractivity contribution in [3.63, 3.8) is 0 Å². The van der Waals surface area contributed by atoms with E-state index >= 15 is 0 Å². The second-order valence-corrected chi connectivity index (χ2v) is 14.9. The number of rotatable bonds is 4. The maximum absolute atomic E-state index is 4.93. The molecular formula is C37H35Cl2NSiZr. The van der Waals surface area contributed by atoms with E-state index in [0.29, 0.717) is 0 Å². The van der Waals surface area contributed by atoms with Crippen molar-refractivity contribution < 1.29 is 20.8 Å². The number of aryl methyl sites for hydroxylation is 1. The van der Waals surface area contributed by atoms with Crippen LogP contribution in [0.15, 0.2) is 109 Å². The summed E-state index contributed by atoms with van der Waals surface area (Å²) in [6.07, 6.45) is 6.70. The molecule has 5 aromatic carbocycles. The Kier molecular flexibility index (Phi) is 13.2. The number of fused-ring (bicyclic) bond motifs is 5. The van der Waals surface area contributed by atoms with Crippen molar-refractivity contribution in [3.8, 4) is 22.3 Å². The van der Waals surface area contributed by atoms with Gasteiger partial charge in [0.15, 0.2) is 0 Å². The van der Waals surface area contributed by atoms with E-state index in [1.165, 1.54) is 74.4 Å². The molecule has 2 radical (unpaired) electrons. The molecule has 1 heterocycles. The summed E-state index contributed by atoms with van der Waals surface area (Å²) in [5.41, 5.74) is 10.5. The fraction of sp³-hybridized carbons (Fsp3) is 0.189. The Morgan fingerprint density at radius 3 is 2.40 bits per heavy atom. The Balaban J connectivity index is 0.000000179. The minimum atomic E-state index is -0.826. The minimum Gasteiger partial charge on any atom is -0.179 e. The number of unbranched alkanes of at least 4 members (excludes halogenated alkanes) is 1. The van der Waals surface area contributed by atoms with Crippen LogP contribution < -0.4 is 0 Å². The molecule has 0 saturated carbocycles. The summed E-state index contributed by atoms with van der Waals surface area (Å²) in [6, 6.07) is 39.9. The standard InChI is InChI=1S/C22H20N.C13H9.C2H6Si.2ClH.Zr/c1-2-3-7-16-12-17-9-6-10-20(21(17)13-16)19-14-18-8-4-5-11-22(18)23-15-19;1-3-7-12-10(5-1)9-11-6-2-4-8-13(11)12;1-3-2;;;/h4-6,8-15H,2-3,7H2,1H3;1-5,7-8H,9H2;1-2H3;2*1H;/q2*-1;;;;+4/p-2. The molecule has 42 heavy (non-hydrogen) atoms. The van der Waals surface area contributed by atoms with Gasteiger partial charge >= 0.3 is 37.9 Å². The van der Waals surface area contributed by atoms with Gasteiger partial charge in [0, 0.05) is 21.1 Å². The summed E-state index contributed by atoms with van der Waals surface area (Å²) >= 11 is -0.826. The molecule has 0 spiro atoms. The maximum atomic E-state index is 4.93. The molecule has 1 nitrogen and oxygen atoms in total. The first kappa shape index (κ1) is 32.5. The molecule has 6 aromatic rings. The second-order valence-electron chi connectivity index (χ2n) is 10.2. The summed E-state index contributed by atoms with van der Waals surface area (Å²) in [5.74, 6) is 0. The van der Waals surface area contributed by atoms with Crippen LogP contribution in [-0.2, 0) is 33.7 Å². The molecule has 0 unspecified atom stereocenters. The van der Waals surface area contributed by atoms with Gasteiger partial charge < -0.3 is 0 Å². The first-order valence-corrected chi connectivity index (χ1v) is 22.6. The average Bonchev–Trinajstić information content (AvgIpc) is 3.62. The van der Waals surface area contributed by atoms with Crippen LogP contribution in [0.3, 0.4) is 0 Å². The Labute approximate surface area is 272 Å². The topological polar surface area (TPSA) is 12.9 Å². The van der Waals surface area contributed by atoms with Crippen LogP contribution in [0.4, 0.5) is 0 Å². The maximum Gasteiger partial charge on any atom is -0.0253 e. The van der Waals surface area contributed by atoms with Crippen LogP contribution in [-0.4, -0.2) is 14.5 Å². The van der Waals surface area contributed by atoms with Gasteiger partial charge in [-0.05, 0) is 30.5 Å². The van der Waals surface area contributed by atoms with Crippen LogP contribution in [0.2, 0.25) is 13.1 Å². The van der Waals surface area contributed by atoms with E-state index in [-0.39, 0.29) is 0 Å². The monoisotopic (exact) mass is 681 g/mol. The van der Waals surface area contributed by atoms with Crippen molar-refractivity contribution in [3.05, 3.63) is 132 Å². The van der Waals surface area contributed by atoms with Crippen LogP contribution in [0.5, 0.6) is 0 Å². The quantitative estimate of drug-likeness (QED) is 0.133. The first-order valence-electron chi connectivity index (χ1n) is 14.3. The molecule has 0 amide bonds. The largest absolute Gasteiger partial charge is 0.179 e. The van der Waals surface area contributed by atoms with Crippen molar-refractivity contribution in [2.45, 2.75) is 45.7 Å². The van der Waals surface area contributed by atoms with Gasteiger partial charge in [0.25, 0.3) is 0 Å².